The van der Waals surface area contributed by atoms with Crippen LogP contribution in [-0.4, -0.2) is 35.8 Å². The summed E-state index contributed by atoms with van der Waals surface area (Å²) in [6.07, 6.45) is 4.33. The molecule has 2 N–H and O–H groups in total. The predicted octanol–water partition coefficient (Wildman–Crippen LogP) is 3.91. The van der Waals surface area contributed by atoms with Crippen molar-refractivity contribution in [1.82, 2.24) is 15.5 Å². The van der Waals surface area contributed by atoms with E-state index in [0.29, 0.717) is 23.9 Å². The second-order valence-electron chi connectivity index (χ2n) is 8.44. The van der Waals surface area contributed by atoms with Crippen molar-refractivity contribution in [1.29, 1.82) is 0 Å². The van der Waals surface area contributed by atoms with Crippen LogP contribution in [0, 0.1) is 5.92 Å². The van der Waals surface area contributed by atoms with Gasteiger partial charge in [0.1, 0.15) is 12.1 Å². The van der Waals surface area contributed by atoms with Crippen molar-refractivity contribution < 1.29 is 14.4 Å². The molecule has 6 heteroatoms. The molecular weight excluding hydrogens is 366 g/mol. The summed E-state index contributed by atoms with van der Waals surface area (Å²) in [5.41, 5.74) is 0.729. The van der Waals surface area contributed by atoms with E-state index >= 15 is 0 Å². The molecule has 1 aromatic carbocycles. The van der Waals surface area contributed by atoms with Crippen molar-refractivity contribution in [3.63, 3.8) is 0 Å². The summed E-state index contributed by atoms with van der Waals surface area (Å²) in [7, 11) is 0. The van der Waals surface area contributed by atoms with E-state index in [2.05, 4.69) is 38.3 Å². The normalized spacial score (nSPS) is 20.1. The monoisotopic (exact) mass is 401 g/mol. The van der Waals surface area contributed by atoms with Crippen LogP contribution in [0.3, 0.4) is 0 Å². The fourth-order valence-corrected chi connectivity index (χ4v) is 3.64. The van der Waals surface area contributed by atoms with E-state index in [4.69, 9.17) is 0 Å². The molecule has 1 aliphatic heterocycles. The first-order valence-corrected chi connectivity index (χ1v) is 10.7. The van der Waals surface area contributed by atoms with Crippen LogP contribution in [0.15, 0.2) is 24.3 Å². The molecule has 160 valence electrons. The van der Waals surface area contributed by atoms with Crippen molar-refractivity contribution >= 4 is 17.8 Å². The summed E-state index contributed by atoms with van der Waals surface area (Å²) in [5.74, 6) is 0.109. The zero-order chi connectivity index (χ0) is 21.6. The fourth-order valence-electron chi connectivity index (χ4n) is 3.64. The Hall–Kier alpha value is -2.37. The second kappa shape index (κ2) is 9.90. The minimum absolute atomic E-state index is 0.255. The van der Waals surface area contributed by atoms with E-state index in [0.717, 1.165) is 30.6 Å². The third-order valence-electron chi connectivity index (χ3n) is 5.86. The molecule has 1 fully saturated rings. The first-order valence-electron chi connectivity index (χ1n) is 10.7. The van der Waals surface area contributed by atoms with Crippen LogP contribution < -0.4 is 10.6 Å². The molecule has 4 amide bonds. The molecule has 0 radical (unpaired) electrons. The maximum absolute atomic E-state index is 13.0. The lowest BCUT2D eigenvalue weighted by atomic mass is 9.90. The van der Waals surface area contributed by atoms with E-state index in [1.54, 1.807) is 6.92 Å². The van der Waals surface area contributed by atoms with Crippen LogP contribution in [0.4, 0.5) is 4.79 Å². The Balaban J connectivity index is 2.01. The molecule has 2 atom stereocenters. The first-order chi connectivity index (χ1) is 13.7. The molecule has 0 saturated carbocycles. The Morgan fingerprint density at radius 3 is 2.38 bits per heavy atom. The molecule has 1 saturated heterocycles. The summed E-state index contributed by atoms with van der Waals surface area (Å²) in [4.78, 5) is 38.8. The molecule has 1 heterocycles. The zero-order valence-electron chi connectivity index (χ0n) is 18.4. The van der Waals surface area contributed by atoms with Gasteiger partial charge < -0.3 is 10.6 Å². The van der Waals surface area contributed by atoms with Crippen molar-refractivity contribution in [2.45, 2.75) is 71.8 Å². The third-order valence-corrected chi connectivity index (χ3v) is 5.86. The Kier molecular flexibility index (Phi) is 7.82. The van der Waals surface area contributed by atoms with Crippen LogP contribution in [0.1, 0.15) is 77.3 Å². The molecule has 0 bridgehead atoms. The van der Waals surface area contributed by atoms with Crippen LogP contribution in [0.2, 0.25) is 0 Å². The highest BCUT2D eigenvalue weighted by molar-refractivity contribution is 6.09. The number of carbonyl (C=O) groups excluding carboxylic acids is 3. The molecule has 0 spiro atoms. The van der Waals surface area contributed by atoms with Crippen LogP contribution in [0.25, 0.3) is 0 Å². The third kappa shape index (κ3) is 5.37. The van der Waals surface area contributed by atoms with Gasteiger partial charge in [-0.1, -0.05) is 71.2 Å². The molecular formula is C23H35N3O3. The van der Waals surface area contributed by atoms with E-state index in [1.807, 2.05) is 24.3 Å². The summed E-state index contributed by atoms with van der Waals surface area (Å²) < 4.78 is 0. The number of rotatable bonds is 10. The maximum atomic E-state index is 13.0. The summed E-state index contributed by atoms with van der Waals surface area (Å²) in [6, 6.07) is 7.16. The van der Waals surface area contributed by atoms with Gasteiger partial charge in [-0.25, -0.2) is 4.79 Å². The topological polar surface area (TPSA) is 78.5 Å². The van der Waals surface area contributed by atoms with Crippen molar-refractivity contribution in [3.8, 4) is 0 Å². The minimum Gasteiger partial charge on any atom is -0.354 e. The number of amides is 4. The molecule has 6 nitrogen and oxygen atoms in total. The largest absolute Gasteiger partial charge is 0.354 e. The number of carbonyl (C=O) groups is 3. The van der Waals surface area contributed by atoms with Crippen molar-refractivity contribution in [2.24, 2.45) is 5.92 Å². The highest BCUT2D eigenvalue weighted by Gasteiger charge is 2.49. The standard InChI is InChI=1S/C23H35N3O3/c1-6-8-9-17(7-2)14-24-20(27)15-26-21(28)23(5,25-22(26)29)19-12-10-18(11-13-19)16(3)4/h10-13,16-17H,6-9,14-15H2,1-5H3,(H,24,27)(H,25,29)/t17-,23+/m0/s1. The maximum Gasteiger partial charge on any atom is 0.325 e. The fraction of sp³-hybridized carbons (Fsp3) is 0.609. The van der Waals surface area contributed by atoms with E-state index in [9.17, 15) is 14.4 Å². The highest BCUT2D eigenvalue weighted by atomic mass is 16.2. The van der Waals surface area contributed by atoms with Gasteiger partial charge >= 0.3 is 6.03 Å². The van der Waals surface area contributed by atoms with Gasteiger partial charge in [-0.2, -0.15) is 0 Å². The molecule has 1 aliphatic rings. The summed E-state index contributed by atoms with van der Waals surface area (Å²) >= 11 is 0. The van der Waals surface area contributed by atoms with Gasteiger partial charge in [0.05, 0.1) is 0 Å². The smallest absolute Gasteiger partial charge is 0.325 e. The zero-order valence-corrected chi connectivity index (χ0v) is 18.4. The van der Waals surface area contributed by atoms with E-state index in [-0.39, 0.29) is 12.5 Å². The number of hydrogen-bond acceptors (Lipinski definition) is 3. The van der Waals surface area contributed by atoms with E-state index < -0.39 is 17.5 Å². The molecule has 0 unspecified atom stereocenters. The van der Waals surface area contributed by atoms with Gasteiger partial charge in [-0.3, -0.25) is 14.5 Å². The molecule has 2 rings (SSSR count). The summed E-state index contributed by atoms with van der Waals surface area (Å²) in [5, 5.41) is 5.65. The highest BCUT2D eigenvalue weighted by Crippen LogP contribution is 2.29. The number of imide groups is 1. The number of nitrogens with one attached hydrogen (secondary N) is 2. The number of unbranched alkanes of at least 4 members (excludes halogenated alkanes) is 1. The molecule has 0 aliphatic carbocycles. The van der Waals surface area contributed by atoms with Gasteiger partial charge in [-0.15, -0.1) is 0 Å². The number of hydrogen-bond donors (Lipinski definition) is 2. The Morgan fingerprint density at radius 1 is 1.17 bits per heavy atom. The van der Waals surface area contributed by atoms with Gasteiger partial charge in [0.15, 0.2) is 0 Å². The predicted molar refractivity (Wildman–Crippen MR) is 114 cm³/mol. The summed E-state index contributed by atoms with van der Waals surface area (Å²) in [6.45, 7) is 10.5. The Morgan fingerprint density at radius 2 is 1.83 bits per heavy atom. The average molecular weight is 402 g/mol. The van der Waals surface area contributed by atoms with Gasteiger partial charge in [0.25, 0.3) is 5.91 Å². The van der Waals surface area contributed by atoms with Gasteiger partial charge in [-0.05, 0) is 36.3 Å². The van der Waals surface area contributed by atoms with Crippen molar-refractivity contribution in [3.05, 3.63) is 35.4 Å². The molecule has 0 aromatic heterocycles. The van der Waals surface area contributed by atoms with Gasteiger partial charge in [0, 0.05) is 6.54 Å². The van der Waals surface area contributed by atoms with Crippen LogP contribution in [0.5, 0.6) is 0 Å². The lowest BCUT2D eigenvalue weighted by Gasteiger charge is -2.23. The Bertz CT molecular complexity index is 729. The minimum atomic E-state index is -1.15. The molecule has 1 aromatic rings. The molecule has 29 heavy (non-hydrogen) atoms. The van der Waals surface area contributed by atoms with Crippen LogP contribution >= 0.6 is 0 Å². The van der Waals surface area contributed by atoms with Crippen molar-refractivity contribution in [2.75, 3.05) is 13.1 Å². The van der Waals surface area contributed by atoms with Gasteiger partial charge in [0.2, 0.25) is 5.91 Å². The Labute approximate surface area is 174 Å². The second-order valence-corrected chi connectivity index (χ2v) is 8.44. The number of benzene rings is 1. The van der Waals surface area contributed by atoms with Crippen LogP contribution in [-0.2, 0) is 15.1 Å². The number of urea groups is 1. The number of nitrogens with zero attached hydrogens (tertiary/aromatic N) is 1. The quantitative estimate of drug-likeness (QED) is 0.584. The average Bonchev–Trinajstić information content (AvgIpc) is 2.92. The SMILES string of the molecule is CCCC[C@H](CC)CNC(=O)CN1C(=O)N[C@](C)(c2ccc(C(C)C)cc2)C1=O. The van der Waals surface area contributed by atoms with E-state index in [1.165, 1.54) is 5.56 Å². The lowest BCUT2D eigenvalue weighted by Crippen LogP contribution is -2.44. The first kappa shape index (κ1) is 22.9. The lowest BCUT2D eigenvalue weighted by molar-refractivity contribution is -0.134.